The van der Waals surface area contributed by atoms with Crippen molar-refractivity contribution in [1.82, 2.24) is 9.97 Å². The zero-order valence-electron chi connectivity index (χ0n) is 11.7. The first kappa shape index (κ1) is 13.1. The fourth-order valence-electron chi connectivity index (χ4n) is 2.15. The van der Waals surface area contributed by atoms with E-state index in [1.54, 1.807) is 0 Å². The van der Waals surface area contributed by atoms with Gasteiger partial charge in [0, 0.05) is 25.7 Å². The van der Waals surface area contributed by atoms with Crippen LogP contribution in [0.3, 0.4) is 0 Å². The van der Waals surface area contributed by atoms with E-state index in [1.807, 2.05) is 0 Å². The molecule has 1 saturated heterocycles. The first-order valence-corrected chi connectivity index (χ1v) is 7.08. The van der Waals surface area contributed by atoms with E-state index in [2.05, 4.69) is 42.0 Å². The van der Waals surface area contributed by atoms with Crippen molar-refractivity contribution in [3.8, 4) is 0 Å². The number of aromatic nitrogens is 2. The van der Waals surface area contributed by atoms with Crippen molar-refractivity contribution in [2.45, 2.75) is 46.0 Å². The van der Waals surface area contributed by atoms with E-state index in [1.165, 1.54) is 12.8 Å². The summed E-state index contributed by atoms with van der Waals surface area (Å²) in [6, 6.07) is 2.08. The van der Waals surface area contributed by atoms with Crippen molar-refractivity contribution in [1.29, 1.82) is 0 Å². The lowest BCUT2D eigenvalue weighted by Gasteiger charge is -2.18. The largest absolute Gasteiger partial charge is 0.370 e. The van der Waals surface area contributed by atoms with Gasteiger partial charge in [-0.25, -0.2) is 4.98 Å². The number of nitrogens with zero attached hydrogens (tertiary/aromatic N) is 3. The zero-order chi connectivity index (χ0) is 13.0. The molecule has 1 aliphatic rings. The first-order chi connectivity index (χ1) is 8.70. The van der Waals surface area contributed by atoms with E-state index in [0.717, 1.165) is 43.5 Å². The predicted molar refractivity (Wildman–Crippen MR) is 76.3 cm³/mol. The lowest BCUT2D eigenvalue weighted by molar-refractivity contribution is 0.794. The lowest BCUT2D eigenvalue weighted by Crippen LogP contribution is -2.22. The second-order valence-corrected chi connectivity index (χ2v) is 5.25. The van der Waals surface area contributed by atoms with Crippen LogP contribution in [0.2, 0.25) is 0 Å². The number of rotatable bonds is 5. The number of hydrogen-bond donors (Lipinski definition) is 1. The lowest BCUT2D eigenvalue weighted by atomic mass is 10.1. The highest BCUT2D eigenvalue weighted by atomic mass is 15.3. The van der Waals surface area contributed by atoms with Crippen LogP contribution in [0.4, 0.5) is 11.8 Å². The molecule has 1 aliphatic heterocycles. The van der Waals surface area contributed by atoms with Crippen molar-refractivity contribution < 1.29 is 0 Å². The molecule has 1 N–H and O–H groups in total. The summed E-state index contributed by atoms with van der Waals surface area (Å²) < 4.78 is 0. The summed E-state index contributed by atoms with van der Waals surface area (Å²) in [5, 5.41) is 3.38. The van der Waals surface area contributed by atoms with Gasteiger partial charge in [0.2, 0.25) is 5.95 Å². The highest BCUT2D eigenvalue weighted by Crippen LogP contribution is 2.22. The topological polar surface area (TPSA) is 41.1 Å². The van der Waals surface area contributed by atoms with Gasteiger partial charge in [-0.15, -0.1) is 0 Å². The van der Waals surface area contributed by atoms with Crippen LogP contribution in [-0.2, 0) is 0 Å². The third kappa shape index (κ3) is 3.12. The quantitative estimate of drug-likeness (QED) is 0.869. The number of nitrogens with one attached hydrogen (secondary N) is 1. The maximum Gasteiger partial charge on any atom is 0.227 e. The zero-order valence-corrected chi connectivity index (χ0v) is 11.7. The molecule has 0 unspecified atom stereocenters. The summed E-state index contributed by atoms with van der Waals surface area (Å²) in [7, 11) is 0. The van der Waals surface area contributed by atoms with Gasteiger partial charge in [0.1, 0.15) is 5.82 Å². The van der Waals surface area contributed by atoms with Gasteiger partial charge in [-0.3, -0.25) is 0 Å². The Morgan fingerprint density at radius 3 is 2.61 bits per heavy atom. The van der Waals surface area contributed by atoms with E-state index >= 15 is 0 Å². The standard InChI is InChI=1S/C14H24N4/c1-4-7-15-13-10-12(11(2)3)16-14(17-13)18-8-5-6-9-18/h10-11H,4-9H2,1-3H3,(H,15,16,17). The van der Waals surface area contributed by atoms with Gasteiger partial charge in [-0.1, -0.05) is 20.8 Å². The average Bonchev–Trinajstić information content (AvgIpc) is 2.89. The third-order valence-corrected chi connectivity index (χ3v) is 3.27. The minimum atomic E-state index is 0.441. The predicted octanol–water partition coefficient (Wildman–Crippen LogP) is 3.02. The smallest absolute Gasteiger partial charge is 0.227 e. The van der Waals surface area contributed by atoms with Gasteiger partial charge >= 0.3 is 0 Å². The second kappa shape index (κ2) is 6.03. The molecular weight excluding hydrogens is 224 g/mol. The third-order valence-electron chi connectivity index (χ3n) is 3.27. The molecule has 0 bridgehead atoms. The molecule has 0 aromatic carbocycles. The summed E-state index contributed by atoms with van der Waals surface area (Å²) in [5.74, 6) is 2.31. The molecular formula is C14H24N4. The Balaban J connectivity index is 2.23. The highest BCUT2D eigenvalue weighted by Gasteiger charge is 2.17. The molecule has 0 spiro atoms. The Morgan fingerprint density at radius 2 is 2.00 bits per heavy atom. The van der Waals surface area contributed by atoms with Crippen LogP contribution in [0, 0.1) is 0 Å². The van der Waals surface area contributed by atoms with Gasteiger partial charge in [0.25, 0.3) is 0 Å². The molecule has 0 saturated carbocycles. The first-order valence-electron chi connectivity index (χ1n) is 7.08. The van der Waals surface area contributed by atoms with Gasteiger partial charge < -0.3 is 10.2 Å². The summed E-state index contributed by atoms with van der Waals surface area (Å²) in [6.45, 7) is 9.68. The van der Waals surface area contributed by atoms with Crippen molar-refractivity contribution in [3.05, 3.63) is 11.8 Å². The number of hydrogen-bond acceptors (Lipinski definition) is 4. The summed E-state index contributed by atoms with van der Waals surface area (Å²) >= 11 is 0. The summed E-state index contributed by atoms with van der Waals surface area (Å²) in [4.78, 5) is 11.6. The van der Waals surface area contributed by atoms with Gasteiger partial charge in [-0.05, 0) is 25.2 Å². The van der Waals surface area contributed by atoms with Crippen LogP contribution in [0.5, 0.6) is 0 Å². The Labute approximate surface area is 110 Å². The van der Waals surface area contributed by atoms with Crippen LogP contribution in [0.15, 0.2) is 6.07 Å². The molecule has 2 rings (SSSR count). The second-order valence-electron chi connectivity index (χ2n) is 5.25. The van der Waals surface area contributed by atoms with E-state index < -0.39 is 0 Å². The minimum Gasteiger partial charge on any atom is -0.370 e. The molecule has 4 nitrogen and oxygen atoms in total. The van der Waals surface area contributed by atoms with Crippen LogP contribution in [0.25, 0.3) is 0 Å². The molecule has 2 heterocycles. The molecule has 0 amide bonds. The highest BCUT2D eigenvalue weighted by molar-refractivity contribution is 5.44. The minimum absolute atomic E-state index is 0.441. The summed E-state index contributed by atoms with van der Waals surface area (Å²) in [5.41, 5.74) is 1.13. The fourth-order valence-corrected chi connectivity index (χ4v) is 2.15. The molecule has 100 valence electrons. The van der Waals surface area contributed by atoms with Gasteiger partial charge in [0.05, 0.1) is 5.69 Å². The maximum atomic E-state index is 4.70. The Bertz CT molecular complexity index is 383. The average molecular weight is 248 g/mol. The monoisotopic (exact) mass is 248 g/mol. The SMILES string of the molecule is CCCNc1cc(C(C)C)nc(N2CCCC2)n1. The maximum absolute atomic E-state index is 4.70. The molecule has 1 fully saturated rings. The van der Waals surface area contributed by atoms with Crippen molar-refractivity contribution >= 4 is 11.8 Å². The van der Waals surface area contributed by atoms with E-state index in [0.29, 0.717) is 5.92 Å². The molecule has 1 aromatic heterocycles. The van der Waals surface area contributed by atoms with Crippen LogP contribution < -0.4 is 10.2 Å². The van der Waals surface area contributed by atoms with E-state index in [-0.39, 0.29) is 0 Å². The Morgan fingerprint density at radius 1 is 1.28 bits per heavy atom. The van der Waals surface area contributed by atoms with Crippen molar-refractivity contribution in [2.75, 3.05) is 29.9 Å². The Kier molecular flexibility index (Phi) is 4.39. The van der Waals surface area contributed by atoms with Gasteiger partial charge in [0.15, 0.2) is 0 Å². The van der Waals surface area contributed by atoms with Crippen LogP contribution >= 0.6 is 0 Å². The van der Waals surface area contributed by atoms with Gasteiger partial charge in [-0.2, -0.15) is 4.98 Å². The Hall–Kier alpha value is -1.32. The van der Waals surface area contributed by atoms with Crippen molar-refractivity contribution in [3.63, 3.8) is 0 Å². The molecule has 0 radical (unpaired) electrons. The number of anilines is 2. The fraction of sp³-hybridized carbons (Fsp3) is 0.714. The van der Waals surface area contributed by atoms with E-state index in [9.17, 15) is 0 Å². The summed E-state index contributed by atoms with van der Waals surface area (Å²) in [6.07, 6.45) is 3.63. The normalized spacial score (nSPS) is 15.4. The van der Waals surface area contributed by atoms with E-state index in [4.69, 9.17) is 4.98 Å². The molecule has 1 aromatic rings. The van der Waals surface area contributed by atoms with Crippen LogP contribution in [0.1, 0.15) is 51.6 Å². The molecule has 0 atom stereocenters. The molecule has 18 heavy (non-hydrogen) atoms. The van der Waals surface area contributed by atoms with Crippen molar-refractivity contribution in [2.24, 2.45) is 0 Å². The molecule has 0 aliphatic carbocycles. The molecule has 4 heteroatoms. The van der Waals surface area contributed by atoms with Crippen LogP contribution in [-0.4, -0.2) is 29.6 Å².